The highest BCUT2D eigenvalue weighted by atomic mass is 16.5. The summed E-state index contributed by atoms with van der Waals surface area (Å²) in [6.07, 6.45) is 0.421. The minimum Gasteiger partial charge on any atom is -0.497 e. The van der Waals surface area contributed by atoms with E-state index in [4.69, 9.17) is 9.72 Å². The number of para-hydroxylation sites is 1. The highest BCUT2D eigenvalue weighted by Crippen LogP contribution is 2.28. The fourth-order valence-corrected chi connectivity index (χ4v) is 3.97. The van der Waals surface area contributed by atoms with E-state index >= 15 is 0 Å². The maximum absolute atomic E-state index is 13.6. The van der Waals surface area contributed by atoms with E-state index in [1.165, 1.54) is 0 Å². The number of methoxy groups -OCH3 is 1. The standard InChI is InChI=1S/C27H35N3O3/c1-18(2)17-29(24(31)16-27(4,5)6)19(3)25-28-23-11-9-8-10-22(23)26(32)30(25)20-12-14-21(33-7)15-13-20/h8-15,18-19H,16-17H2,1-7H3. The monoisotopic (exact) mass is 449 g/mol. The van der Waals surface area contributed by atoms with Crippen LogP contribution in [0, 0.1) is 11.3 Å². The van der Waals surface area contributed by atoms with E-state index in [1.54, 1.807) is 17.7 Å². The summed E-state index contributed by atoms with van der Waals surface area (Å²) in [6.45, 7) is 12.9. The van der Waals surface area contributed by atoms with E-state index in [1.807, 2.05) is 54.3 Å². The number of hydrogen-bond donors (Lipinski definition) is 0. The molecule has 3 rings (SSSR count). The molecule has 0 spiro atoms. The van der Waals surface area contributed by atoms with E-state index in [2.05, 4.69) is 34.6 Å². The number of aromatic nitrogens is 2. The van der Waals surface area contributed by atoms with Crippen LogP contribution < -0.4 is 10.3 Å². The second kappa shape index (κ2) is 9.77. The van der Waals surface area contributed by atoms with Crippen LogP contribution in [0.3, 0.4) is 0 Å². The molecule has 0 aliphatic rings. The van der Waals surface area contributed by atoms with Crippen molar-refractivity contribution in [1.29, 1.82) is 0 Å². The van der Waals surface area contributed by atoms with Gasteiger partial charge < -0.3 is 9.64 Å². The molecular weight excluding hydrogens is 414 g/mol. The molecule has 0 saturated heterocycles. The van der Waals surface area contributed by atoms with Gasteiger partial charge in [0.1, 0.15) is 11.6 Å². The van der Waals surface area contributed by atoms with Crippen molar-refractivity contribution in [2.45, 2.75) is 54.0 Å². The molecule has 0 radical (unpaired) electrons. The number of benzene rings is 2. The molecule has 0 aliphatic carbocycles. The zero-order valence-electron chi connectivity index (χ0n) is 20.8. The van der Waals surface area contributed by atoms with E-state index in [0.29, 0.717) is 41.1 Å². The molecule has 6 heteroatoms. The quantitative estimate of drug-likeness (QED) is 0.486. The summed E-state index contributed by atoms with van der Waals surface area (Å²) in [6, 6.07) is 14.3. The second-order valence-electron chi connectivity index (χ2n) is 10.2. The second-order valence-corrected chi connectivity index (χ2v) is 10.2. The van der Waals surface area contributed by atoms with Crippen LogP contribution in [0.1, 0.15) is 59.8 Å². The molecule has 0 saturated carbocycles. The molecule has 6 nitrogen and oxygen atoms in total. The SMILES string of the molecule is COc1ccc(-n2c(C(C)N(CC(C)C)C(=O)CC(C)(C)C)nc3ccccc3c2=O)cc1. The van der Waals surface area contributed by atoms with Crippen molar-refractivity contribution in [2.24, 2.45) is 11.3 Å². The summed E-state index contributed by atoms with van der Waals surface area (Å²) in [7, 11) is 1.61. The Labute approximate surface area is 196 Å². The fourth-order valence-electron chi connectivity index (χ4n) is 3.97. The van der Waals surface area contributed by atoms with Gasteiger partial charge in [0.15, 0.2) is 0 Å². The van der Waals surface area contributed by atoms with Crippen molar-refractivity contribution in [1.82, 2.24) is 14.5 Å². The lowest BCUT2D eigenvalue weighted by atomic mass is 9.91. The molecule has 1 heterocycles. The van der Waals surface area contributed by atoms with Crippen LogP contribution >= 0.6 is 0 Å². The van der Waals surface area contributed by atoms with Gasteiger partial charge in [0, 0.05) is 13.0 Å². The Morgan fingerprint density at radius 3 is 2.27 bits per heavy atom. The first-order valence-electron chi connectivity index (χ1n) is 11.5. The van der Waals surface area contributed by atoms with Gasteiger partial charge >= 0.3 is 0 Å². The van der Waals surface area contributed by atoms with Gasteiger partial charge in [-0.1, -0.05) is 46.8 Å². The molecule has 2 aromatic carbocycles. The first-order chi connectivity index (χ1) is 15.5. The van der Waals surface area contributed by atoms with Crippen LogP contribution in [0.5, 0.6) is 5.75 Å². The van der Waals surface area contributed by atoms with Gasteiger partial charge in [-0.2, -0.15) is 0 Å². The Balaban J connectivity index is 2.21. The largest absolute Gasteiger partial charge is 0.497 e. The fraction of sp³-hybridized carbons (Fsp3) is 0.444. The smallest absolute Gasteiger partial charge is 0.266 e. The summed E-state index contributed by atoms with van der Waals surface area (Å²) in [4.78, 5) is 33.8. The van der Waals surface area contributed by atoms with Gasteiger partial charge in [-0.15, -0.1) is 0 Å². The molecule has 0 bridgehead atoms. The van der Waals surface area contributed by atoms with Gasteiger partial charge in [-0.25, -0.2) is 4.98 Å². The zero-order valence-corrected chi connectivity index (χ0v) is 20.8. The highest BCUT2D eigenvalue weighted by molar-refractivity contribution is 5.79. The Bertz CT molecular complexity index is 1170. The lowest BCUT2D eigenvalue weighted by Crippen LogP contribution is -2.40. The van der Waals surface area contributed by atoms with Crippen molar-refractivity contribution in [3.8, 4) is 11.4 Å². The highest BCUT2D eigenvalue weighted by Gasteiger charge is 2.29. The van der Waals surface area contributed by atoms with Crippen molar-refractivity contribution in [2.75, 3.05) is 13.7 Å². The average molecular weight is 450 g/mol. The van der Waals surface area contributed by atoms with Gasteiger partial charge in [-0.05, 0) is 54.7 Å². The summed E-state index contributed by atoms with van der Waals surface area (Å²) < 4.78 is 6.92. The molecule has 1 aromatic heterocycles. The third kappa shape index (κ3) is 5.62. The number of fused-ring (bicyclic) bond motifs is 1. The Kier molecular flexibility index (Phi) is 7.25. The van der Waals surface area contributed by atoms with E-state index < -0.39 is 0 Å². The first-order valence-corrected chi connectivity index (χ1v) is 11.5. The van der Waals surface area contributed by atoms with Crippen molar-refractivity contribution >= 4 is 16.8 Å². The van der Waals surface area contributed by atoms with E-state index in [-0.39, 0.29) is 28.8 Å². The Hall–Kier alpha value is -3.15. The van der Waals surface area contributed by atoms with Crippen LogP contribution in [0.25, 0.3) is 16.6 Å². The molecule has 0 aliphatic heterocycles. The number of carbonyl (C=O) groups is 1. The van der Waals surface area contributed by atoms with Gasteiger partial charge in [0.05, 0.1) is 29.7 Å². The predicted molar refractivity (Wildman–Crippen MR) is 133 cm³/mol. The van der Waals surface area contributed by atoms with Crippen LogP contribution in [0.4, 0.5) is 0 Å². The third-order valence-corrected chi connectivity index (χ3v) is 5.54. The number of rotatable bonds is 7. The summed E-state index contributed by atoms with van der Waals surface area (Å²) in [5.41, 5.74) is 1.02. The minimum atomic E-state index is -0.387. The molecule has 0 N–H and O–H groups in total. The zero-order chi connectivity index (χ0) is 24.3. The van der Waals surface area contributed by atoms with Crippen LogP contribution in [-0.4, -0.2) is 34.0 Å². The topological polar surface area (TPSA) is 64.4 Å². The molecule has 1 amide bonds. The van der Waals surface area contributed by atoms with Crippen molar-refractivity contribution < 1.29 is 9.53 Å². The molecule has 176 valence electrons. The number of ether oxygens (including phenoxy) is 1. The number of nitrogens with zero attached hydrogens (tertiary/aromatic N) is 3. The lowest BCUT2D eigenvalue weighted by Gasteiger charge is -2.34. The number of amides is 1. The van der Waals surface area contributed by atoms with Crippen LogP contribution in [-0.2, 0) is 4.79 Å². The Morgan fingerprint density at radius 1 is 1.06 bits per heavy atom. The third-order valence-electron chi connectivity index (χ3n) is 5.54. The molecule has 3 aromatic rings. The van der Waals surface area contributed by atoms with Crippen molar-refractivity contribution in [3.63, 3.8) is 0 Å². The molecule has 1 unspecified atom stereocenters. The first kappa shape index (κ1) is 24.5. The maximum atomic E-state index is 13.6. The predicted octanol–water partition coefficient (Wildman–Crippen LogP) is 5.38. The lowest BCUT2D eigenvalue weighted by molar-refractivity contribution is -0.136. The van der Waals surface area contributed by atoms with Gasteiger partial charge in [0.25, 0.3) is 5.56 Å². The van der Waals surface area contributed by atoms with Gasteiger partial charge in [0.2, 0.25) is 5.91 Å². The number of hydrogen-bond acceptors (Lipinski definition) is 4. The summed E-state index contributed by atoms with van der Waals surface area (Å²) >= 11 is 0. The van der Waals surface area contributed by atoms with E-state index in [0.717, 1.165) is 0 Å². The minimum absolute atomic E-state index is 0.0624. The van der Waals surface area contributed by atoms with Gasteiger partial charge in [-0.3, -0.25) is 14.2 Å². The summed E-state index contributed by atoms with van der Waals surface area (Å²) in [5.74, 6) is 1.59. The Morgan fingerprint density at radius 2 is 1.70 bits per heavy atom. The van der Waals surface area contributed by atoms with Crippen molar-refractivity contribution in [3.05, 3.63) is 64.7 Å². The summed E-state index contributed by atoms with van der Waals surface area (Å²) in [5, 5.41) is 0.542. The molecular formula is C27H35N3O3. The number of carbonyl (C=O) groups excluding carboxylic acids is 1. The van der Waals surface area contributed by atoms with E-state index in [9.17, 15) is 9.59 Å². The normalized spacial score (nSPS) is 12.7. The van der Waals surface area contributed by atoms with Crippen LogP contribution in [0.15, 0.2) is 53.3 Å². The molecule has 0 fully saturated rings. The van der Waals surface area contributed by atoms with Crippen LogP contribution in [0.2, 0.25) is 0 Å². The molecule has 1 atom stereocenters. The average Bonchev–Trinajstić information content (AvgIpc) is 2.76. The maximum Gasteiger partial charge on any atom is 0.266 e. The molecule has 33 heavy (non-hydrogen) atoms.